The zero-order valence-electron chi connectivity index (χ0n) is 12.3. The van der Waals surface area contributed by atoms with Gasteiger partial charge in [0.1, 0.15) is 10.7 Å². The van der Waals surface area contributed by atoms with Crippen molar-refractivity contribution in [1.29, 1.82) is 0 Å². The first-order valence-corrected chi connectivity index (χ1v) is 8.14. The largest absolute Gasteiger partial charge is 0.417 e. The molecule has 2 aromatic heterocycles. The molecule has 3 rings (SSSR count). The number of aromatic nitrogens is 2. The number of alkyl halides is 3. The number of hydrogen-bond acceptors (Lipinski definition) is 4. The van der Waals surface area contributed by atoms with E-state index >= 15 is 0 Å². The van der Waals surface area contributed by atoms with E-state index in [0.29, 0.717) is 5.01 Å². The summed E-state index contributed by atoms with van der Waals surface area (Å²) in [5, 5.41) is 4.11. The Labute approximate surface area is 149 Å². The van der Waals surface area contributed by atoms with Gasteiger partial charge in [0.15, 0.2) is 0 Å². The minimum atomic E-state index is -4.60. The average molecular weight is 384 g/mol. The van der Waals surface area contributed by atoms with Gasteiger partial charge in [-0.2, -0.15) is 13.2 Å². The lowest BCUT2D eigenvalue weighted by molar-refractivity contribution is -0.137. The smallest absolute Gasteiger partial charge is 0.321 e. The van der Waals surface area contributed by atoms with Crippen LogP contribution >= 0.6 is 22.9 Å². The summed E-state index contributed by atoms with van der Waals surface area (Å²) in [4.78, 5) is 20.3. The first-order valence-electron chi connectivity index (χ1n) is 6.88. The van der Waals surface area contributed by atoms with Crippen molar-refractivity contribution >= 4 is 34.5 Å². The summed E-state index contributed by atoms with van der Waals surface area (Å²) in [6, 6.07) is 6.66. The molecule has 2 heterocycles. The SMILES string of the molecule is O=C(Nc1ccc(Cl)c(C(F)(F)F)c1)c1csc(-c2ccncc2)n1. The number of carbonyl (C=O) groups excluding carboxylic acids is 1. The van der Waals surface area contributed by atoms with Gasteiger partial charge in [-0.15, -0.1) is 11.3 Å². The molecule has 0 spiro atoms. The highest BCUT2D eigenvalue weighted by Gasteiger charge is 2.33. The van der Waals surface area contributed by atoms with Crippen molar-refractivity contribution in [3.8, 4) is 10.6 Å². The second-order valence-electron chi connectivity index (χ2n) is 4.92. The van der Waals surface area contributed by atoms with Crippen LogP contribution in [0.4, 0.5) is 18.9 Å². The Bertz CT molecular complexity index is 912. The fraction of sp³-hybridized carbons (Fsp3) is 0.0625. The van der Waals surface area contributed by atoms with Crippen molar-refractivity contribution in [3.63, 3.8) is 0 Å². The van der Waals surface area contributed by atoms with Gasteiger partial charge in [0.05, 0.1) is 10.6 Å². The quantitative estimate of drug-likeness (QED) is 0.682. The molecule has 0 radical (unpaired) electrons. The minimum absolute atomic E-state index is 0.0137. The maximum Gasteiger partial charge on any atom is 0.417 e. The molecule has 0 aliphatic rings. The first-order chi connectivity index (χ1) is 11.8. The van der Waals surface area contributed by atoms with Crippen molar-refractivity contribution in [3.05, 3.63) is 64.4 Å². The van der Waals surface area contributed by atoms with Gasteiger partial charge in [0, 0.05) is 29.0 Å². The summed E-state index contributed by atoms with van der Waals surface area (Å²) in [5.74, 6) is -0.605. The van der Waals surface area contributed by atoms with Gasteiger partial charge in [0.2, 0.25) is 0 Å². The number of nitrogens with one attached hydrogen (secondary N) is 1. The molecule has 0 aliphatic heterocycles. The third-order valence-corrected chi connectivity index (χ3v) is 4.41. The van der Waals surface area contributed by atoms with E-state index in [1.54, 1.807) is 24.5 Å². The summed E-state index contributed by atoms with van der Waals surface area (Å²) < 4.78 is 38.6. The average Bonchev–Trinajstić information content (AvgIpc) is 3.06. The van der Waals surface area contributed by atoms with Crippen LogP contribution in [0.25, 0.3) is 10.6 Å². The van der Waals surface area contributed by atoms with Gasteiger partial charge in [0.25, 0.3) is 5.91 Å². The summed E-state index contributed by atoms with van der Waals surface area (Å²) in [6.07, 6.45) is -1.40. The predicted molar refractivity (Wildman–Crippen MR) is 89.8 cm³/mol. The summed E-state index contributed by atoms with van der Waals surface area (Å²) in [6.45, 7) is 0. The molecule has 1 amide bonds. The molecule has 0 bridgehead atoms. The Morgan fingerprint density at radius 1 is 1.16 bits per heavy atom. The normalized spacial score (nSPS) is 11.4. The standard InChI is InChI=1S/C16H9ClF3N3OS/c17-12-2-1-10(7-11(12)16(18,19)20)22-14(24)13-8-25-15(23-13)9-3-5-21-6-4-9/h1-8H,(H,22,24). The fourth-order valence-electron chi connectivity index (χ4n) is 2.02. The van der Waals surface area contributed by atoms with Crippen LogP contribution < -0.4 is 5.32 Å². The lowest BCUT2D eigenvalue weighted by Crippen LogP contribution is -2.13. The van der Waals surface area contributed by atoms with E-state index in [-0.39, 0.29) is 11.4 Å². The molecule has 0 unspecified atom stereocenters. The maximum atomic E-state index is 12.9. The number of benzene rings is 1. The van der Waals surface area contributed by atoms with Gasteiger partial charge >= 0.3 is 6.18 Å². The van der Waals surface area contributed by atoms with Crippen LogP contribution in [0.5, 0.6) is 0 Å². The van der Waals surface area contributed by atoms with Crippen molar-refractivity contribution < 1.29 is 18.0 Å². The topological polar surface area (TPSA) is 54.9 Å². The first kappa shape index (κ1) is 17.4. The second kappa shape index (κ2) is 6.81. The van der Waals surface area contributed by atoms with E-state index in [9.17, 15) is 18.0 Å². The molecule has 0 saturated carbocycles. The van der Waals surface area contributed by atoms with Crippen LogP contribution in [0.15, 0.2) is 48.1 Å². The molecular formula is C16H9ClF3N3OS. The monoisotopic (exact) mass is 383 g/mol. The van der Waals surface area contributed by atoms with Crippen molar-refractivity contribution in [2.75, 3.05) is 5.32 Å². The zero-order valence-corrected chi connectivity index (χ0v) is 13.9. The van der Waals surface area contributed by atoms with Crippen LogP contribution in [0.3, 0.4) is 0 Å². The van der Waals surface area contributed by atoms with Crippen LogP contribution in [0, 0.1) is 0 Å². The summed E-state index contributed by atoms with van der Waals surface area (Å²) >= 11 is 6.81. The van der Waals surface area contributed by atoms with Crippen LogP contribution in [0.2, 0.25) is 5.02 Å². The van der Waals surface area contributed by atoms with Crippen LogP contribution in [-0.2, 0) is 6.18 Å². The van der Waals surface area contributed by atoms with Gasteiger partial charge < -0.3 is 5.32 Å². The van der Waals surface area contributed by atoms with Gasteiger partial charge in [-0.25, -0.2) is 4.98 Å². The molecule has 4 nitrogen and oxygen atoms in total. The summed E-state index contributed by atoms with van der Waals surface area (Å²) in [7, 11) is 0. The Hall–Kier alpha value is -2.45. The Morgan fingerprint density at radius 2 is 1.88 bits per heavy atom. The zero-order chi connectivity index (χ0) is 18.0. The minimum Gasteiger partial charge on any atom is -0.321 e. The highest BCUT2D eigenvalue weighted by Crippen LogP contribution is 2.36. The highest BCUT2D eigenvalue weighted by atomic mass is 35.5. The van der Waals surface area contributed by atoms with Gasteiger partial charge in [-0.3, -0.25) is 9.78 Å². The van der Waals surface area contributed by atoms with E-state index in [1.165, 1.54) is 22.8 Å². The third kappa shape index (κ3) is 3.97. The molecule has 1 N–H and O–H groups in total. The lowest BCUT2D eigenvalue weighted by Gasteiger charge is -2.11. The maximum absolute atomic E-state index is 12.9. The molecule has 0 fully saturated rings. The predicted octanol–water partition coefficient (Wildman–Crippen LogP) is 5.13. The van der Waals surface area contributed by atoms with E-state index in [4.69, 9.17) is 11.6 Å². The number of nitrogens with zero attached hydrogens (tertiary/aromatic N) is 2. The molecule has 0 atom stereocenters. The van der Waals surface area contributed by atoms with Gasteiger partial charge in [-0.05, 0) is 30.3 Å². The number of rotatable bonds is 3. The Kier molecular flexibility index (Phi) is 4.73. The second-order valence-corrected chi connectivity index (χ2v) is 6.19. The number of carbonyl (C=O) groups is 1. The number of amides is 1. The van der Waals surface area contributed by atoms with Crippen molar-refractivity contribution in [2.24, 2.45) is 0 Å². The summed E-state index contributed by atoms with van der Waals surface area (Å²) in [5.41, 5.74) is -0.117. The molecular weight excluding hydrogens is 375 g/mol. The molecule has 9 heteroatoms. The van der Waals surface area contributed by atoms with E-state index in [0.717, 1.165) is 17.7 Å². The Morgan fingerprint density at radius 3 is 2.56 bits per heavy atom. The number of halogens is 4. The van der Waals surface area contributed by atoms with Crippen LogP contribution in [-0.4, -0.2) is 15.9 Å². The van der Waals surface area contributed by atoms with Gasteiger partial charge in [-0.1, -0.05) is 11.6 Å². The van der Waals surface area contributed by atoms with E-state index in [2.05, 4.69) is 15.3 Å². The van der Waals surface area contributed by atoms with Crippen molar-refractivity contribution in [2.45, 2.75) is 6.18 Å². The lowest BCUT2D eigenvalue weighted by atomic mass is 10.2. The number of thiazole rings is 1. The molecule has 25 heavy (non-hydrogen) atoms. The third-order valence-electron chi connectivity index (χ3n) is 3.19. The molecule has 0 saturated heterocycles. The molecule has 0 aliphatic carbocycles. The fourth-order valence-corrected chi connectivity index (χ4v) is 3.05. The molecule has 128 valence electrons. The number of anilines is 1. The number of hydrogen-bond donors (Lipinski definition) is 1. The van der Waals surface area contributed by atoms with Crippen molar-refractivity contribution in [1.82, 2.24) is 9.97 Å². The van der Waals surface area contributed by atoms with E-state index < -0.39 is 22.7 Å². The van der Waals surface area contributed by atoms with Crippen LogP contribution in [0.1, 0.15) is 16.1 Å². The molecule has 3 aromatic rings. The Balaban J connectivity index is 1.81. The highest BCUT2D eigenvalue weighted by molar-refractivity contribution is 7.13. The van der Waals surface area contributed by atoms with E-state index in [1.807, 2.05) is 0 Å². The molecule has 1 aromatic carbocycles. The number of pyridine rings is 1.